The Labute approximate surface area is 98.7 Å². The van der Waals surface area contributed by atoms with Gasteiger partial charge < -0.3 is 10.1 Å². The van der Waals surface area contributed by atoms with E-state index in [9.17, 15) is 0 Å². The van der Waals surface area contributed by atoms with E-state index in [0.29, 0.717) is 12.0 Å². The topological polar surface area (TPSA) is 21.3 Å². The lowest BCUT2D eigenvalue weighted by molar-refractivity contribution is 0.0123. The third-order valence-electron chi connectivity index (χ3n) is 3.59. The van der Waals surface area contributed by atoms with Gasteiger partial charge in [0.05, 0.1) is 6.10 Å². The normalized spacial score (nSPS) is 23.0. The molecule has 1 fully saturated rings. The Hall–Kier alpha value is 0.210. The van der Waals surface area contributed by atoms with Crippen LogP contribution in [0.5, 0.6) is 0 Å². The van der Waals surface area contributed by atoms with E-state index in [1.807, 2.05) is 0 Å². The van der Waals surface area contributed by atoms with Crippen LogP contribution in [0.3, 0.4) is 0 Å². The van der Waals surface area contributed by atoms with Crippen molar-refractivity contribution in [2.24, 2.45) is 0 Å². The summed E-state index contributed by atoms with van der Waals surface area (Å²) in [5.74, 6) is 0.687. The van der Waals surface area contributed by atoms with Crippen molar-refractivity contribution >= 4 is 11.6 Å². The monoisotopic (exact) mass is 233 g/mol. The van der Waals surface area contributed by atoms with Crippen LogP contribution in [0.2, 0.25) is 0 Å². The number of rotatable bonds is 6. The number of nitrogens with one attached hydrogen (secondary N) is 1. The maximum absolute atomic E-state index is 6.04. The van der Waals surface area contributed by atoms with Gasteiger partial charge in [0.1, 0.15) is 0 Å². The summed E-state index contributed by atoms with van der Waals surface area (Å²) >= 11 is 6.04. The average Bonchev–Trinajstić information content (AvgIpc) is 2.33. The molecule has 90 valence electrons. The highest BCUT2D eigenvalue weighted by Crippen LogP contribution is 2.18. The fourth-order valence-electron chi connectivity index (χ4n) is 2.03. The minimum atomic E-state index is 0.113. The van der Waals surface area contributed by atoms with Gasteiger partial charge in [-0.1, -0.05) is 13.8 Å². The summed E-state index contributed by atoms with van der Waals surface area (Å²) in [6, 6.07) is 0. The number of halogens is 1. The van der Waals surface area contributed by atoms with E-state index in [4.69, 9.17) is 16.3 Å². The van der Waals surface area contributed by atoms with Gasteiger partial charge in [-0.3, -0.25) is 0 Å². The van der Waals surface area contributed by atoms with Gasteiger partial charge in [0.25, 0.3) is 0 Å². The molecule has 0 aliphatic carbocycles. The van der Waals surface area contributed by atoms with Crippen LogP contribution < -0.4 is 5.32 Å². The van der Waals surface area contributed by atoms with Crippen molar-refractivity contribution < 1.29 is 4.74 Å². The van der Waals surface area contributed by atoms with E-state index >= 15 is 0 Å². The summed E-state index contributed by atoms with van der Waals surface area (Å²) < 4.78 is 5.70. The largest absolute Gasteiger partial charge is 0.377 e. The highest BCUT2D eigenvalue weighted by atomic mass is 35.5. The summed E-state index contributed by atoms with van der Waals surface area (Å²) in [6.45, 7) is 6.27. The molecule has 0 bridgehead atoms. The molecule has 0 aromatic carbocycles. The minimum Gasteiger partial charge on any atom is -0.377 e. The molecule has 1 aliphatic rings. The van der Waals surface area contributed by atoms with Crippen LogP contribution in [-0.4, -0.2) is 30.7 Å². The molecule has 1 N–H and O–H groups in total. The lowest BCUT2D eigenvalue weighted by atomic mass is 9.94. The molecule has 1 rings (SSSR count). The second-order valence-electron chi connectivity index (χ2n) is 4.49. The standard InChI is InChI=1S/C12H24ClNO/c1-3-12(4-2,10-13)14-9-11-7-5-6-8-15-11/h11,14H,3-10H2,1-2H3. The van der Waals surface area contributed by atoms with E-state index in [0.717, 1.165) is 26.0 Å². The van der Waals surface area contributed by atoms with Crippen LogP contribution in [0.25, 0.3) is 0 Å². The summed E-state index contributed by atoms with van der Waals surface area (Å²) in [7, 11) is 0. The molecular formula is C12H24ClNO. The lowest BCUT2D eigenvalue weighted by Gasteiger charge is -2.33. The number of hydrogen-bond donors (Lipinski definition) is 1. The van der Waals surface area contributed by atoms with Crippen molar-refractivity contribution in [2.75, 3.05) is 19.0 Å². The zero-order valence-electron chi connectivity index (χ0n) is 10.0. The van der Waals surface area contributed by atoms with Crippen LogP contribution >= 0.6 is 11.6 Å². The molecular weight excluding hydrogens is 210 g/mol. The Morgan fingerprint density at radius 2 is 2.07 bits per heavy atom. The molecule has 1 aliphatic heterocycles. The molecule has 0 radical (unpaired) electrons. The van der Waals surface area contributed by atoms with Crippen molar-refractivity contribution in [1.29, 1.82) is 0 Å². The average molecular weight is 234 g/mol. The van der Waals surface area contributed by atoms with Crippen LogP contribution in [0, 0.1) is 0 Å². The fraction of sp³-hybridized carbons (Fsp3) is 1.00. The Balaban J connectivity index is 2.31. The van der Waals surface area contributed by atoms with Crippen molar-refractivity contribution in [3.8, 4) is 0 Å². The highest BCUT2D eigenvalue weighted by Gasteiger charge is 2.26. The lowest BCUT2D eigenvalue weighted by Crippen LogP contribution is -2.49. The quantitative estimate of drug-likeness (QED) is 0.713. The Morgan fingerprint density at radius 3 is 2.53 bits per heavy atom. The van der Waals surface area contributed by atoms with Gasteiger partial charge in [-0.2, -0.15) is 0 Å². The molecule has 15 heavy (non-hydrogen) atoms. The number of alkyl halides is 1. The predicted molar refractivity (Wildman–Crippen MR) is 65.6 cm³/mol. The molecule has 1 saturated heterocycles. The van der Waals surface area contributed by atoms with Crippen molar-refractivity contribution in [3.05, 3.63) is 0 Å². The van der Waals surface area contributed by atoms with Crippen LogP contribution in [0.4, 0.5) is 0 Å². The van der Waals surface area contributed by atoms with Gasteiger partial charge in [-0.05, 0) is 32.1 Å². The Bertz CT molecular complexity index is 157. The first kappa shape index (κ1) is 13.3. The maximum atomic E-state index is 6.04. The molecule has 3 heteroatoms. The van der Waals surface area contributed by atoms with Gasteiger partial charge in [0.15, 0.2) is 0 Å². The minimum absolute atomic E-state index is 0.113. The van der Waals surface area contributed by atoms with Gasteiger partial charge in [-0.25, -0.2) is 0 Å². The van der Waals surface area contributed by atoms with Gasteiger partial charge in [0.2, 0.25) is 0 Å². The maximum Gasteiger partial charge on any atom is 0.0699 e. The Kier molecular flexibility index (Phi) is 5.95. The zero-order chi connectivity index (χ0) is 11.1. The first-order valence-electron chi connectivity index (χ1n) is 6.19. The smallest absolute Gasteiger partial charge is 0.0699 e. The summed E-state index contributed by atoms with van der Waals surface area (Å²) in [5.41, 5.74) is 0.113. The van der Waals surface area contributed by atoms with E-state index in [2.05, 4.69) is 19.2 Å². The van der Waals surface area contributed by atoms with E-state index in [1.165, 1.54) is 19.3 Å². The van der Waals surface area contributed by atoms with Crippen LogP contribution in [0.1, 0.15) is 46.0 Å². The van der Waals surface area contributed by atoms with Crippen molar-refractivity contribution in [3.63, 3.8) is 0 Å². The second kappa shape index (κ2) is 6.72. The van der Waals surface area contributed by atoms with Gasteiger partial charge >= 0.3 is 0 Å². The van der Waals surface area contributed by atoms with Crippen molar-refractivity contribution in [1.82, 2.24) is 5.32 Å². The number of hydrogen-bond acceptors (Lipinski definition) is 2. The third kappa shape index (κ3) is 3.93. The Morgan fingerprint density at radius 1 is 1.33 bits per heavy atom. The fourth-order valence-corrected chi connectivity index (χ4v) is 2.51. The summed E-state index contributed by atoms with van der Waals surface area (Å²) in [6.07, 6.45) is 6.29. The number of ether oxygens (including phenoxy) is 1. The molecule has 0 spiro atoms. The second-order valence-corrected chi connectivity index (χ2v) is 4.76. The molecule has 0 amide bonds. The molecule has 0 aromatic heterocycles. The van der Waals surface area contributed by atoms with E-state index in [-0.39, 0.29) is 5.54 Å². The van der Waals surface area contributed by atoms with E-state index < -0.39 is 0 Å². The van der Waals surface area contributed by atoms with Crippen molar-refractivity contribution in [2.45, 2.75) is 57.6 Å². The third-order valence-corrected chi connectivity index (χ3v) is 4.10. The molecule has 0 saturated carbocycles. The van der Waals surface area contributed by atoms with Crippen LogP contribution in [-0.2, 0) is 4.74 Å². The molecule has 1 atom stereocenters. The molecule has 2 nitrogen and oxygen atoms in total. The molecule has 0 aromatic rings. The van der Waals surface area contributed by atoms with Gasteiger partial charge in [-0.15, -0.1) is 11.6 Å². The summed E-state index contributed by atoms with van der Waals surface area (Å²) in [4.78, 5) is 0. The summed E-state index contributed by atoms with van der Waals surface area (Å²) in [5, 5.41) is 3.60. The van der Waals surface area contributed by atoms with Crippen LogP contribution in [0.15, 0.2) is 0 Å². The SMILES string of the molecule is CCC(CC)(CCl)NCC1CCCCO1. The zero-order valence-corrected chi connectivity index (χ0v) is 10.8. The van der Waals surface area contributed by atoms with E-state index in [1.54, 1.807) is 0 Å². The van der Waals surface area contributed by atoms with Gasteiger partial charge in [0, 0.05) is 24.6 Å². The predicted octanol–water partition coefficient (Wildman–Crippen LogP) is 2.94. The highest BCUT2D eigenvalue weighted by molar-refractivity contribution is 6.18. The first-order valence-corrected chi connectivity index (χ1v) is 6.72. The molecule has 1 unspecified atom stereocenters. The first-order chi connectivity index (χ1) is 7.26. The molecule has 1 heterocycles.